The van der Waals surface area contributed by atoms with E-state index in [1.54, 1.807) is 0 Å². The Balaban J connectivity index is 1.80. The molecule has 1 nitrogen and oxygen atoms in total. The molecule has 0 unspecified atom stereocenters. The Bertz CT molecular complexity index is 662. The summed E-state index contributed by atoms with van der Waals surface area (Å²) in [6.07, 6.45) is 15.9. The van der Waals surface area contributed by atoms with Crippen LogP contribution >= 0.6 is 0 Å². The lowest BCUT2D eigenvalue weighted by Crippen LogP contribution is -1.99. The molecule has 2 rings (SSSR count). The van der Waals surface area contributed by atoms with Crippen molar-refractivity contribution < 1.29 is 0 Å². The fourth-order valence-electron chi connectivity index (χ4n) is 3.09. The largest absolute Gasteiger partial charge is 0.292 e. The molecule has 0 amide bonds. The summed E-state index contributed by atoms with van der Waals surface area (Å²) in [5.74, 6) is 6.49. The molecule has 0 spiro atoms. The van der Waals surface area contributed by atoms with Crippen molar-refractivity contribution >= 4 is 6.21 Å². The van der Waals surface area contributed by atoms with Crippen LogP contribution < -0.4 is 0 Å². The van der Waals surface area contributed by atoms with E-state index in [-0.39, 0.29) is 0 Å². The lowest BCUT2D eigenvalue weighted by atomic mass is 9.92. The van der Waals surface area contributed by atoms with Crippen LogP contribution in [-0.4, -0.2) is 12.8 Å². The van der Waals surface area contributed by atoms with Crippen LogP contribution in [0.4, 0.5) is 0 Å². The monoisotopic (exact) mass is 333 g/mol. The van der Waals surface area contributed by atoms with Crippen molar-refractivity contribution in [3.63, 3.8) is 0 Å². The van der Waals surface area contributed by atoms with Crippen LogP contribution in [0.15, 0.2) is 52.6 Å². The second-order valence-electron chi connectivity index (χ2n) is 6.65. The van der Waals surface area contributed by atoms with Gasteiger partial charge in [0.05, 0.1) is 0 Å². The second-order valence-corrected chi connectivity index (χ2v) is 6.65. The zero-order valence-corrected chi connectivity index (χ0v) is 15.9. The number of rotatable bonds is 7. The van der Waals surface area contributed by atoms with Crippen LogP contribution in [0.1, 0.15) is 69.9 Å². The lowest BCUT2D eigenvalue weighted by molar-refractivity contribution is 0.700. The number of aliphatic imine (C=N–C) groups is 1. The van der Waals surface area contributed by atoms with E-state index in [0.29, 0.717) is 0 Å². The summed E-state index contributed by atoms with van der Waals surface area (Å²) < 4.78 is 0. The molecule has 1 aromatic rings. The minimum atomic E-state index is 0.786. The summed E-state index contributed by atoms with van der Waals surface area (Å²) in [5, 5.41) is 0. The first-order valence-electron chi connectivity index (χ1n) is 9.76. The van der Waals surface area contributed by atoms with Gasteiger partial charge < -0.3 is 0 Å². The summed E-state index contributed by atoms with van der Waals surface area (Å²) in [7, 11) is 0. The van der Waals surface area contributed by atoms with E-state index in [2.05, 4.69) is 73.3 Å². The molecule has 0 saturated heterocycles. The van der Waals surface area contributed by atoms with Gasteiger partial charge in [-0.15, -0.1) is 0 Å². The summed E-state index contributed by atoms with van der Waals surface area (Å²) >= 11 is 0. The number of unbranched alkanes of at least 4 members (excludes halogenated alkanes) is 1. The topological polar surface area (TPSA) is 12.4 Å². The Hall–Kier alpha value is -2.07. The fourth-order valence-corrected chi connectivity index (χ4v) is 3.09. The highest BCUT2D eigenvalue weighted by atomic mass is 14.7. The van der Waals surface area contributed by atoms with Gasteiger partial charge in [-0.2, -0.15) is 0 Å². The average molecular weight is 334 g/mol. The number of benzene rings is 1. The maximum absolute atomic E-state index is 4.59. The Morgan fingerprint density at radius 2 is 1.84 bits per heavy atom. The van der Waals surface area contributed by atoms with Gasteiger partial charge in [-0.25, -0.2) is 0 Å². The molecule has 1 aliphatic carbocycles. The van der Waals surface area contributed by atoms with E-state index < -0.39 is 0 Å². The van der Waals surface area contributed by atoms with Crippen LogP contribution in [0.5, 0.6) is 0 Å². The van der Waals surface area contributed by atoms with Crippen molar-refractivity contribution in [3.8, 4) is 11.8 Å². The molecule has 0 atom stereocenters. The number of aryl methyl sites for hydroxylation is 1. The molecule has 0 aliphatic heterocycles. The van der Waals surface area contributed by atoms with Crippen molar-refractivity contribution in [1.29, 1.82) is 0 Å². The zero-order valence-electron chi connectivity index (χ0n) is 15.9. The predicted molar refractivity (Wildman–Crippen MR) is 110 cm³/mol. The molecule has 0 aromatic heterocycles. The quantitative estimate of drug-likeness (QED) is 0.316. The molecule has 0 bridgehead atoms. The maximum atomic E-state index is 4.59. The minimum absolute atomic E-state index is 0.786. The van der Waals surface area contributed by atoms with Gasteiger partial charge in [-0.1, -0.05) is 49.5 Å². The molecule has 132 valence electrons. The van der Waals surface area contributed by atoms with E-state index in [9.17, 15) is 0 Å². The summed E-state index contributed by atoms with van der Waals surface area (Å²) in [6, 6.07) is 8.68. The molecule has 0 N–H and O–H groups in total. The van der Waals surface area contributed by atoms with Crippen LogP contribution in [0.25, 0.3) is 0 Å². The minimum Gasteiger partial charge on any atom is -0.292 e. The van der Waals surface area contributed by atoms with Gasteiger partial charge in [-0.3, -0.25) is 4.99 Å². The number of hydrogen-bond acceptors (Lipinski definition) is 1. The van der Waals surface area contributed by atoms with Gasteiger partial charge in [-0.05, 0) is 74.3 Å². The standard InChI is InChI=1S/C24H31N/c1-3-5-11-21-15-17-22(18-16-21)12-8-9-19-25-20-24-14-7-6-13-23(24)10-4-2/h4,10,15-18,20H,3,5-7,9,11,13-14,19H2,1-2H3/b10-4-,25-20?. The van der Waals surface area contributed by atoms with Crippen LogP contribution in [0.2, 0.25) is 0 Å². The van der Waals surface area contributed by atoms with Gasteiger partial charge >= 0.3 is 0 Å². The molecule has 0 saturated carbocycles. The van der Waals surface area contributed by atoms with Crippen LogP contribution in [0.3, 0.4) is 0 Å². The third-order valence-electron chi connectivity index (χ3n) is 4.54. The smallest absolute Gasteiger partial charge is 0.0499 e. The van der Waals surface area contributed by atoms with Crippen molar-refractivity contribution in [2.75, 3.05) is 6.54 Å². The Morgan fingerprint density at radius 3 is 2.56 bits per heavy atom. The second kappa shape index (κ2) is 11.5. The summed E-state index contributed by atoms with van der Waals surface area (Å²) in [4.78, 5) is 4.59. The van der Waals surface area contributed by atoms with Gasteiger partial charge in [0.2, 0.25) is 0 Å². The molecule has 0 heterocycles. The molecular formula is C24H31N. The van der Waals surface area contributed by atoms with E-state index in [1.807, 2.05) is 0 Å². The molecule has 1 aromatic carbocycles. The fraction of sp³-hybridized carbons (Fsp3) is 0.458. The number of hydrogen-bond donors (Lipinski definition) is 0. The Labute approximate surface area is 154 Å². The van der Waals surface area contributed by atoms with Gasteiger partial charge in [0, 0.05) is 24.7 Å². The first-order chi connectivity index (χ1) is 12.3. The highest BCUT2D eigenvalue weighted by Crippen LogP contribution is 2.24. The van der Waals surface area contributed by atoms with Crippen LogP contribution in [0, 0.1) is 11.8 Å². The van der Waals surface area contributed by atoms with Crippen molar-refractivity contribution in [1.82, 2.24) is 0 Å². The molecule has 1 heteroatoms. The highest BCUT2D eigenvalue weighted by molar-refractivity contribution is 5.80. The van der Waals surface area contributed by atoms with E-state index in [1.165, 1.54) is 61.7 Å². The number of allylic oxidation sites excluding steroid dienone is 4. The molecule has 0 fully saturated rings. The Kier molecular flexibility index (Phi) is 8.84. The summed E-state index contributed by atoms with van der Waals surface area (Å²) in [6.45, 7) is 5.10. The molecule has 1 aliphatic rings. The molecular weight excluding hydrogens is 302 g/mol. The SMILES string of the molecule is C/C=C\C1=C(C=NCCC#Cc2ccc(CCCC)cc2)CCCC1. The van der Waals surface area contributed by atoms with Crippen LogP contribution in [-0.2, 0) is 6.42 Å². The predicted octanol–water partition coefficient (Wildman–Crippen LogP) is 6.29. The maximum Gasteiger partial charge on any atom is 0.0499 e. The third-order valence-corrected chi connectivity index (χ3v) is 4.54. The normalized spacial score (nSPS) is 15.0. The van der Waals surface area contributed by atoms with E-state index in [0.717, 1.165) is 18.5 Å². The van der Waals surface area contributed by atoms with E-state index >= 15 is 0 Å². The zero-order chi connectivity index (χ0) is 17.7. The van der Waals surface area contributed by atoms with Crippen molar-refractivity contribution in [2.24, 2.45) is 4.99 Å². The lowest BCUT2D eigenvalue weighted by Gasteiger charge is -2.14. The van der Waals surface area contributed by atoms with Crippen molar-refractivity contribution in [2.45, 2.75) is 65.2 Å². The van der Waals surface area contributed by atoms with Gasteiger partial charge in [0.1, 0.15) is 0 Å². The molecule has 0 radical (unpaired) electrons. The van der Waals surface area contributed by atoms with E-state index in [4.69, 9.17) is 0 Å². The average Bonchev–Trinajstić information content (AvgIpc) is 2.65. The highest BCUT2D eigenvalue weighted by Gasteiger charge is 2.08. The van der Waals surface area contributed by atoms with Gasteiger partial charge in [0.25, 0.3) is 0 Å². The summed E-state index contributed by atoms with van der Waals surface area (Å²) in [5.41, 5.74) is 5.40. The third kappa shape index (κ3) is 7.14. The van der Waals surface area contributed by atoms with Gasteiger partial charge in [0.15, 0.2) is 0 Å². The first-order valence-corrected chi connectivity index (χ1v) is 9.76. The molecule has 25 heavy (non-hydrogen) atoms. The number of nitrogens with zero attached hydrogens (tertiary/aromatic N) is 1. The van der Waals surface area contributed by atoms with Crippen molar-refractivity contribution in [3.05, 3.63) is 58.7 Å². The first kappa shape index (κ1) is 19.3. The Morgan fingerprint density at radius 1 is 1.08 bits per heavy atom.